The summed E-state index contributed by atoms with van der Waals surface area (Å²) in [6.45, 7) is 2.93. The summed E-state index contributed by atoms with van der Waals surface area (Å²) in [5, 5.41) is 0.664. The van der Waals surface area contributed by atoms with Crippen molar-refractivity contribution in [3.05, 3.63) is 59.5 Å². The van der Waals surface area contributed by atoms with Gasteiger partial charge in [0, 0.05) is 24.7 Å². The van der Waals surface area contributed by atoms with Gasteiger partial charge >= 0.3 is 5.97 Å². The SMILES string of the molecule is O=C1OC(c2ccccc2)=NC1=Cc1ccc(SC(=S)N2CCOCC2)o1. The molecule has 0 N–H and O–H groups in total. The highest BCUT2D eigenvalue weighted by molar-refractivity contribution is 8.22. The predicted octanol–water partition coefficient (Wildman–Crippen LogP) is 3.33. The molecule has 6 nitrogen and oxygen atoms in total. The van der Waals surface area contributed by atoms with Crippen LogP contribution in [0.4, 0.5) is 0 Å². The Labute approximate surface area is 165 Å². The van der Waals surface area contributed by atoms with E-state index in [2.05, 4.69) is 9.89 Å². The molecule has 8 heteroatoms. The molecule has 2 aliphatic heterocycles. The Hall–Kier alpha value is -2.42. The average molecular weight is 400 g/mol. The van der Waals surface area contributed by atoms with Crippen molar-refractivity contribution >= 4 is 46.2 Å². The van der Waals surface area contributed by atoms with Gasteiger partial charge in [-0.25, -0.2) is 9.79 Å². The standard InChI is InChI=1S/C19H16N2O4S2/c22-18-15(20-17(25-18)13-4-2-1-3-5-13)12-14-6-7-16(24-14)27-19(26)21-8-10-23-11-9-21/h1-7,12H,8-11H2. The first-order valence-electron chi connectivity index (χ1n) is 8.41. The molecule has 0 saturated carbocycles. The van der Waals surface area contributed by atoms with E-state index in [1.54, 1.807) is 12.1 Å². The van der Waals surface area contributed by atoms with Gasteiger partial charge in [-0.3, -0.25) is 0 Å². The number of thiocarbonyl (C=S) groups is 1. The Morgan fingerprint density at radius 1 is 1.15 bits per heavy atom. The lowest BCUT2D eigenvalue weighted by Gasteiger charge is -2.28. The molecular weight excluding hydrogens is 384 g/mol. The predicted molar refractivity (Wildman–Crippen MR) is 107 cm³/mol. The van der Waals surface area contributed by atoms with Gasteiger partial charge in [-0.2, -0.15) is 0 Å². The van der Waals surface area contributed by atoms with E-state index < -0.39 is 5.97 Å². The molecule has 3 heterocycles. The number of hydrogen-bond donors (Lipinski definition) is 0. The van der Waals surface area contributed by atoms with E-state index in [-0.39, 0.29) is 5.70 Å². The minimum absolute atomic E-state index is 0.204. The number of aliphatic imine (C=N–C) groups is 1. The van der Waals surface area contributed by atoms with Crippen LogP contribution < -0.4 is 0 Å². The van der Waals surface area contributed by atoms with Gasteiger partial charge in [-0.05, 0) is 36.0 Å². The van der Waals surface area contributed by atoms with E-state index in [4.69, 9.17) is 26.1 Å². The normalized spacial score (nSPS) is 18.5. The summed E-state index contributed by atoms with van der Waals surface area (Å²) in [6, 6.07) is 12.9. The smallest absolute Gasteiger partial charge is 0.363 e. The molecule has 4 rings (SSSR count). The zero-order valence-electron chi connectivity index (χ0n) is 14.3. The lowest BCUT2D eigenvalue weighted by Crippen LogP contribution is -2.38. The maximum atomic E-state index is 12.1. The third kappa shape index (κ3) is 4.29. The summed E-state index contributed by atoms with van der Waals surface area (Å²) in [6.07, 6.45) is 1.57. The summed E-state index contributed by atoms with van der Waals surface area (Å²) in [7, 11) is 0. The summed E-state index contributed by atoms with van der Waals surface area (Å²) >= 11 is 6.84. The number of ether oxygens (including phenoxy) is 2. The van der Waals surface area contributed by atoms with Crippen LogP contribution in [-0.2, 0) is 14.3 Å². The largest absolute Gasteiger partial charge is 0.450 e. The van der Waals surface area contributed by atoms with Gasteiger partial charge in [0.25, 0.3) is 0 Å². The number of rotatable bonds is 3. The second kappa shape index (κ2) is 8.08. The Morgan fingerprint density at radius 2 is 1.93 bits per heavy atom. The molecule has 0 radical (unpaired) electrons. The molecule has 1 saturated heterocycles. The van der Waals surface area contributed by atoms with Gasteiger partial charge in [-0.15, -0.1) is 0 Å². The summed E-state index contributed by atoms with van der Waals surface area (Å²) in [5.41, 5.74) is 0.955. The third-order valence-corrected chi connectivity index (χ3v) is 5.34. The first-order chi connectivity index (χ1) is 13.2. The van der Waals surface area contributed by atoms with Gasteiger partial charge < -0.3 is 18.8 Å². The average Bonchev–Trinajstić information content (AvgIpc) is 3.30. The van der Waals surface area contributed by atoms with Crippen LogP contribution in [0, 0.1) is 0 Å². The molecule has 0 spiro atoms. The minimum atomic E-state index is -0.497. The summed E-state index contributed by atoms with van der Waals surface area (Å²) in [4.78, 5) is 18.4. The minimum Gasteiger partial charge on any atom is -0.450 e. The van der Waals surface area contributed by atoms with Crippen LogP contribution in [0.3, 0.4) is 0 Å². The fourth-order valence-electron chi connectivity index (χ4n) is 2.61. The van der Waals surface area contributed by atoms with Gasteiger partial charge in [0.05, 0.1) is 13.2 Å². The number of cyclic esters (lactones) is 1. The number of benzene rings is 1. The number of esters is 1. The molecule has 1 aromatic heterocycles. The zero-order valence-corrected chi connectivity index (χ0v) is 15.9. The van der Waals surface area contributed by atoms with E-state index in [0.29, 0.717) is 30.0 Å². The van der Waals surface area contributed by atoms with E-state index in [1.807, 2.05) is 36.4 Å². The molecule has 0 atom stereocenters. The second-order valence-electron chi connectivity index (χ2n) is 5.83. The maximum absolute atomic E-state index is 12.1. The fourth-order valence-corrected chi connectivity index (χ4v) is 3.80. The molecule has 0 amide bonds. The highest BCUT2D eigenvalue weighted by atomic mass is 32.2. The Balaban J connectivity index is 1.46. The number of carbonyl (C=O) groups excluding carboxylic acids is 1. The van der Waals surface area contributed by atoms with Gasteiger partial charge in [0.2, 0.25) is 5.90 Å². The van der Waals surface area contributed by atoms with Crippen molar-refractivity contribution < 1.29 is 18.7 Å². The van der Waals surface area contributed by atoms with Crippen molar-refractivity contribution in [2.24, 2.45) is 4.99 Å². The van der Waals surface area contributed by atoms with Gasteiger partial charge in [0.15, 0.2) is 10.8 Å². The van der Waals surface area contributed by atoms with E-state index in [9.17, 15) is 4.79 Å². The molecule has 0 unspecified atom stereocenters. The van der Waals surface area contributed by atoms with Crippen molar-refractivity contribution in [2.45, 2.75) is 5.09 Å². The van der Waals surface area contributed by atoms with E-state index >= 15 is 0 Å². The fraction of sp³-hybridized carbons (Fsp3) is 0.211. The number of furan rings is 1. The van der Waals surface area contributed by atoms with Gasteiger partial charge in [-0.1, -0.05) is 30.4 Å². The van der Waals surface area contributed by atoms with Crippen molar-refractivity contribution in [3.63, 3.8) is 0 Å². The maximum Gasteiger partial charge on any atom is 0.363 e. The number of nitrogens with zero attached hydrogens (tertiary/aromatic N) is 2. The molecular formula is C19H16N2O4S2. The Kier molecular flexibility index (Phi) is 5.38. The van der Waals surface area contributed by atoms with Crippen LogP contribution in [0.2, 0.25) is 0 Å². The number of carbonyl (C=O) groups is 1. The van der Waals surface area contributed by atoms with E-state index in [1.165, 1.54) is 11.8 Å². The van der Waals surface area contributed by atoms with Crippen LogP contribution >= 0.6 is 24.0 Å². The molecule has 27 heavy (non-hydrogen) atoms. The summed E-state index contributed by atoms with van der Waals surface area (Å²) < 4.78 is 17.1. The van der Waals surface area contributed by atoms with Crippen LogP contribution in [0.5, 0.6) is 0 Å². The zero-order chi connectivity index (χ0) is 18.6. The van der Waals surface area contributed by atoms with Crippen LogP contribution in [0.25, 0.3) is 6.08 Å². The number of thioether (sulfide) groups is 1. The van der Waals surface area contributed by atoms with Crippen molar-refractivity contribution in [3.8, 4) is 0 Å². The number of hydrogen-bond acceptors (Lipinski definition) is 7. The Morgan fingerprint density at radius 3 is 2.70 bits per heavy atom. The molecule has 2 aliphatic rings. The quantitative estimate of drug-likeness (QED) is 0.339. The second-order valence-corrected chi connectivity index (χ2v) is 7.46. The molecule has 138 valence electrons. The topological polar surface area (TPSA) is 64.3 Å². The number of morpholine rings is 1. The molecule has 2 aromatic rings. The van der Waals surface area contributed by atoms with Crippen molar-refractivity contribution in [2.75, 3.05) is 26.3 Å². The molecule has 0 bridgehead atoms. The molecule has 1 fully saturated rings. The Bertz CT molecular complexity index is 915. The lowest BCUT2D eigenvalue weighted by molar-refractivity contribution is -0.129. The highest BCUT2D eigenvalue weighted by Crippen LogP contribution is 2.27. The highest BCUT2D eigenvalue weighted by Gasteiger charge is 2.24. The summed E-state index contributed by atoms with van der Waals surface area (Å²) in [5.74, 6) is 0.317. The third-order valence-electron chi connectivity index (χ3n) is 3.98. The first-order valence-corrected chi connectivity index (χ1v) is 9.64. The molecule has 0 aliphatic carbocycles. The van der Waals surface area contributed by atoms with Crippen molar-refractivity contribution in [1.82, 2.24) is 4.90 Å². The van der Waals surface area contributed by atoms with Crippen LogP contribution in [0.1, 0.15) is 11.3 Å². The van der Waals surface area contributed by atoms with Gasteiger partial charge in [0.1, 0.15) is 10.1 Å². The van der Waals surface area contributed by atoms with E-state index in [0.717, 1.165) is 23.0 Å². The first kappa shape index (κ1) is 18.0. The van der Waals surface area contributed by atoms with Crippen LogP contribution in [-0.4, -0.2) is 47.4 Å². The van der Waals surface area contributed by atoms with Crippen LogP contribution in [0.15, 0.2) is 62.7 Å². The molecule has 1 aromatic carbocycles. The lowest BCUT2D eigenvalue weighted by atomic mass is 10.2. The monoisotopic (exact) mass is 400 g/mol. The van der Waals surface area contributed by atoms with Crippen molar-refractivity contribution in [1.29, 1.82) is 0 Å².